The molecule has 0 aliphatic carbocycles. The molecule has 3 heterocycles. The van der Waals surface area contributed by atoms with Gasteiger partial charge in [-0.1, -0.05) is 5.16 Å². The molecule has 1 aromatic rings. The lowest BCUT2D eigenvalue weighted by molar-refractivity contribution is 0.122. The molecule has 0 radical (unpaired) electrons. The summed E-state index contributed by atoms with van der Waals surface area (Å²) in [4.78, 5) is 19.8. The fourth-order valence-electron chi connectivity index (χ4n) is 2.05. The highest BCUT2D eigenvalue weighted by molar-refractivity contribution is 5.98. The second-order valence-electron chi connectivity index (χ2n) is 4.51. The summed E-state index contributed by atoms with van der Waals surface area (Å²) in [6, 6.07) is 2.22. The summed E-state index contributed by atoms with van der Waals surface area (Å²) in [6.45, 7) is 2.67. The summed E-state index contributed by atoms with van der Waals surface area (Å²) >= 11 is 0. The maximum atomic E-state index is 8.84. The molecule has 3 rings (SSSR count). The number of methoxy groups -OCH3 is 1. The molecule has 21 heavy (non-hydrogen) atoms. The normalized spacial score (nSPS) is 21.4. The largest absolute Gasteiger partial charge is 0.467 e. The Morgan fingerprint density at radius 1 is 1.29 bits per heavy atom. The van der Waals surface area contributed by atoms with Crippen LogP contribution in [0.15, 0.2) is 5.16 Å². The zero-order valence-corrected chi connectivity index (χ0v) is 11.5. The SMILES string of the molecule is COc1nc(C2=NOC(C#N)C2)nc(N2CCOCC2)n1. The highest BCUT2D eigenvalue weighted by Gasteiger charge is 2.26. The number of aromatic nitrogens is 3. The van der Waals surface area contributed by atoms with Crippen molar-refractivity contribution in [3.8, 4) is 12.1 Å². The number of nitriles is 1. The molecule has 0 aromatic carbocycles. The van der Waals surface area contributed by atoms with Crippen LogP contribution in [0.1, 0.15) is 12.2 Å². The smallest absolute Gasteiger partial charge is 0.321 e. The lowest BCUT2D eigenvalue weighted by atomic mass is 10.2. The third kappa shape index (κ3) is 2.85. The van der Waals surface area contributed by atoms with E-state index in [0.717, 1.165) is 0 Å². The molecule has 1 atom stereocenters. The van der Waals surface area contributed by atoms with Crippen molar-refractivity contribution >= 4 is 11.7 Å². The third-order valence-corrected chi connectivity index (χ3v) is 3.15. The van der Waals surface area contributed by atoms with Crippen LogP contribution in [0, 0.1) is 11.3 Å². The topological polar surface area (TPSA) is 106 Å². The van der Waals surface area contributed by atoms with E-state index in [1.807, 2.05) is 11.0 Å². The molecule has 1 fully saturated rings. The fourth-order valence-corrected chi connectivity index (χ4v) is 2.05. The molecule has 9 heteroatoms. The van der Waals surface area contributed by atoms with Crippen LogP contribution >= 0.6 is 0 Å². The molecule has 1 unspecified atom stereocenters. The number of hydrogen-bond acceptors (Lipinski definition) is 9. The molecule has 1 saturated heterocycles. The summed E-state index contributed by atoms with van der Waals surface area (Å²) in [5.41, 5.74) is 0.525. The highest BCUT2D eigenvalue weighted by atomic mass is 16.6. The standard InChI is InChI=1S/C12H14N6O3/c1-19-12-15-10(9-6-8(7-13)21-17-9)14-11(16-12)18-2-4-20-5-3-18/h8H,2-6H2,1H3. The van der Waals surface area contributed by atoms with E-state index in [4.69, 9.17) is 19.6 Å². The van der Waals surface area contributed by atoms with Gasteiger partial charge in [0.05, 0.1) is 26.7 Å². The Labute approximate surface area is 121 Å². The number of morpholine rings is 1. The monoisotopic (exact) mass is 290 g/mol. The van der Waals surface area contributed by atoms with E-state index in [0.29, 0.717) is 50.2 Å². The van der Waals surface area contributed by atoms with Gasteiger partial charge in [0.15, 0.2) is 5.82 Å². The maximum absolute atomic E-state index is 8.84. The Hall–Kier alpha value is -2.47. The van der Waals surface area contributed by atoms with Gasteiger partial charge >= 0.3 is 6.01 Å². The average Bonchev–Trinajstić information content (AvgIpc) is 3.04. The van der Waals surface area contributed by atoms with Gasteiger partial charge in [-0.05, 0) is 0 Å². The first-order valence-electron chi connectivity index (χ1n) is 6.55. The summed E-state index contributed by atoms with van der Waals surface area (Å²) in [5, 5.41) is 12.7. The summed E-state index contributed by atoms with van der Waals surface area (Å²) in [5.74, 6) is 0.893. The molecule has 2 aliphatic rings. The minimum Gasteiger partial charge on any atom is -0.467 e. The molecule has 0 N–H and O–H groups in total. The van der Waals surface area contributed by atoms with Gasteiger partial charge in [0, 0.05) is 13.1 Å². The van der Waals surface area contributed by atoms with Crippen molar-refractivity contribution in [2.75, 3.05) is 38.3 Å². The molecule has 1 aromatic heterocycles. The van der Waals surface area contributed by atoms with Gasteiger partial charge in [-0.2, -0.15) is 20.2 Å². The molecule has 2 aliphatic heterocycles. The van der Waals surface area contributed by atoms with Gasteiger partial charge < -0.3 is 19.2 Å². The average molecular weight is 290 g/mol. The van der Waals surface area contributed by atoms with Crippen LogP contribution < -0.4 is 9.64 Å². The van der Waals surface area contributed by atoms with Crippen LogP contribution in [0.3, 0.4) is 0 Å². The minimum absolute atomic E-state index is 0.213. The van der Waals surface area contributed by atoms with Crippen LogP contribution in [-0.4, -0.2) is 60.2 Å². The van der Waals surface area contributed by atoms with Gasteiger partial charge in [0.1, 0.15) is 11.8 Å². The van der Waals surface area contributed by atoms with Gasteiger partial charge in [-0.3, -0.25) is 0 Å². The number of hydrogen-bond donors (Lipinski definition) is 0. The summed E-state index contributed by atoms with van der Waals surface area (Å²) < 4.78 is 10.4. The Balaban J connectivity index is 1.88. The minimum atomic E-state index is -0.588. The van der Waals surface area contributed by atoms with E-state index in [9.17, 15) is 0 Å². The Bertz CT molecular complexity index is 593. The molecular weight excluding hydrogens is 276 g/mol. The van der Waals surface area contributed by atoms with Crippen LogP contribution in [0.5, 0.6) is 6.01 Å². The second-order valence-corrected chi connectivity index (χ2v) is 4.51. The first kappa shape index (κ1) is 13.5. The summed E-state index contributed by atoms with van der Waals surface area (Å²) in [6.07, 6.45) is -0.235. The molecule has 0 saturated carbocycles. The van der Waals surface area contributed by atoms with Crippen molar-refractivity contribution in [2.45, 2.75) is 12.5 Å². The first-order chi connectivity index (χ1) is 10.3. The van der Waals surface area contributed by atoms with Crippen molar-refractivity contribution in [1.82, 2.24) is 15.0 Å². The van der Waals surface area contributed by atoms with E-state index in [-0.39, 0.29) is 6.01 Å². The zero-order valence-electron chi connectivity index (χ0n) is 11.5. The lowest BCUT2D eigenvalue weighted by Gasteiger charge is -2.26. The van der Waals surface area contributed by atoms with E-state index in [2.05, 4.69) is 20.1 Å². The Morgan fingerprint density at radius 3 is 2.76 bits per heavy atom. The van der Waals surface area contributed by atoms with E-state index >= 15 is 0 Å². The zero-order chi connectivity index (χ0) is 14.7. The van der Waals surface area contributed by atoms with Crippen LogP contribution in [0.4, 0.5) is 5.95 Å². The highest BCUT2D eigenvalue weighted by Crippen LogP contribution is 2.18. The fraction of sp³-hybridized carbons (Fsp3) is 0.583. The molecule has 110 valence electrons. The van der Waals surface area contributed by atoms with Crippen LogP contribution in [0.2, 0.25) is 0 Å². The predicted molar refractivity (Wildman–Crippen MR) is 71.1 cm³/mol. The molecular formula is C12H14N6O3. The van der Waals surface area contributed by atoms with Gasteiger partial charge in [0.2, 0.25) is 12.1 Å². The lowest BCUT2D eigenvalue weighted by Crippen LogP contribution is -2.37. The van der Waals surface area contributed by atoms with E-state index in [1.54, 1.807) is 0 Å². The first-order valence-corrected chi connectivity index (χ1v) is 6.55. The van der Waals surface area contributed by atoms with E-state index in [1.165, 1.54) is 7.11 Å². The van der Waals surface area contributed by atoms with Crippen molar-refractivity contribution in [3.63, 3.8) is 0 Å². The predicted octanol–water partition coefficient (Wildman–Crippen LogP) is -0.267. The van der Waals surface area contributed by atoms with Gasteiger partial charge in [-0.15, -0.1) is 0 Å². The molecule has 0 amide bonds. The number of oxime groups is 1. The number of anilines is 1. The van der Waals surface area contributed by atoms with Crippen LogP contribution in [0.25, 0.3) is 0 Å². The van der Waals surface area contributed by atoms with Crippen molar-refractivity contribution < 1.29 is 14.3 Å². The third-order valence-electron chi connectivity index (χ3n) is 3.15. The quantitative estimate of drug-likeness (QED) is 0.749. The Morgan fingerprint density at radius 2 is 2.10 bits per heavy atom. The van der Waals surface area contributed by atoms with Gasteiger partial charge in [-0.25, -0.2) is 0 Å². The maximum Gasteiger partial charge on any atom is 0.321 e. The summed E-state index contributed by atoms with van der Waals surface area (Å²) in [7, 11) is 1.49. The number of ether oxygens (including phenoxy) is 2. The van der Waals surface area contributed by atoms with Crippen molar-refractivity contribution in [2.24, 2.45) is 5.16 Å². The second kappa shape index (κ2) is 5.88. The van der Waals surface area contributed by atoms with Crippen molar-refractivity contribution in [3.05, 3.63) is 5.82 Å². The number of nitrogens with zero attached hydrogens (tertiary/aromatic N) is 6. The van der Waals surface area contributed by atoms with E-state index < -0.39 is 6.10 Å². The van der Waals surface area contributed by atoms with Gasteiger partial charge in [0.25, 0.3) is 0 Å². The van der Waals surface area contributed by atoms with Crippen LogP contribution in [-0.2, 0) is 9.57 Å². The number of rotatable bonds is 3. The molecule has 9 nitrogen and oxygen atoms in total. The molecule has 0 spiro atoms. The Kier molecular flexibility index (Phi) is 3.79. The van der Waals surface area contributed by atoms with Crippen molar-refractivity contribution in [1.29, 1.82) is 5.26 Å². The molecule has 0 bridgehead atoms.